The van der Waals surface area contributed by atoms with Gasteiger partial charge in [0.1, 0.15) is 0 Å². The van der Waals surface area contributed by atoms with Gasteiger partial charge in [-0.1, -0.05) is 13.8 Å². The maximum absolute atomic E-state index is 12.0. The number of halogens is 1. The summed E-state index contributed by atoms with van der Waals surface area (Å²) < 4.78 is 0. The highest BCUT2D eigenvalue weighted by atomic mass is 35.5. The first-order valence-electron chi connectivity index (χ1n) is 7.28. The average Bonchev–Trinajstić information content (AvgIpc) is 2.76. The van der Waals surface area contributed by atoms with Gasteiger partial charge in [0.2, 0.25) is 5.91 Å². The molecule has 112 valence electrons. The van der Waals surface area contributed by atoms with Crippen LogP contribution in [0.25, 0.3) is 0 Å². The summed E-state index contributed by atoms with van der Waals surface area (Å²) in [6.07, 6.45) is 4.84. The third kappa shape index (κ3) is 4.62. The van der Waals surface area contributed by atoms with Crippen LogP contribution in [0.2, 0.25) is 0 Å². The molecule has 2 fully saturated rings. The molecule has 5 heteroatoms. The summed E-state index contributed by atoms with van der Waals surface area (Å²) >= 11 is 0. The Balaban J connectivity index is 0.00000180. The molecule has 2 aliphatic rings. The number of rotatable bonds is 3. The number of hydrogen-bond donors (Lipinski definition) is 3. The Morgan fingerprint density at radius 1 is 1.26 bits per heavy atom. The lowest BCUT2D eigenvalue weighted by Crippen LogP contribution is -2.46. The zero-order chi connectivity index (χ0) is 13.1. The van der Waals surface area contributed by atoms with E-state index in [2.05, 4.69) is 24.5 Å². The van der Waals surface area contributed by atoms with Crippen molar-refractivity contribution in [2.75, 3.05) is 6.54 Å². The van der Waals surface area contributed by atoms with E-state index in [0.717, 1.165) is 24.7 Å². The number of hydrogen-bond acceptors (Lipinski definition) is 3. The van der Waals surface area contributed by atoms with E-state index in [1.54, 1.807) is 0 Å². The molecule has 2 rings (SSSR count). The van der Waals surface area contributed by atoms with Gasteiger partial charge >= 0.3 is 0 Å². The van der Waals surface area contributed by atoms with Gasteiger partial charge in [-0.3, -0.25) is 4.79 Å². The van der Waals surface area contributed by atoms with Gasteiger partial charge in [-0.25, -0.2) is 0 Å². The van der Waals surface area contributed by atoms with E-state index in [1.807, 2.05) is 0 Å². The summed E-state index contributed by atoms with van der Waals surface area (Å²) in [7, 11) is 0. The van der Waals surface area contributed by atoms with E-state index in [1.165, 1.54) is 12.8 Å². The van der Waals surface area contributed by atoms with Crippen molar-refractivity contribution in [1.82, 2.24) is 10.6 Å². The first kappa shape index (κ1) is 16.7. The van der Waals surface area contributed by atoms with Crippen LogP contribution in [0.4, 0.5) is 0 Å². The van der Waals surface area contributed by atoms with Crippen LogP contribution in [0.5, 0.6) is 0 Å². The Labute approximate surface area is 122 Å². The smallest absolute Gasteiger partial charge is 0.237 e. The summed E-state index contributed by atoms with van der Waals surface area (Å²) in [6, 6.07) is 0.148. The fourth-order valence-corrected chi connectivity index (χ4v) is 3.15. The van der Waals surface area contributed by atoms with Crippen LogP contribution in [0, 0.1) is 11.8 Å². The lowest BCUT2D eigenvalue weighted by Gasteiger charge is -2.31. The molecule has 1 aliphatic heterocycles. The molecule has 1 aliphatic carbocycles. The Morgan fingerprint density at radius 2 is 1.89 bits per heavy atom. The highest BCUT2D eigenvalue weighted by molar-refractivity contribution is 5.85. The molecule has 0 aromatic carbocycles. The molecular formula is C14H27ClN2O2. The molecule has 0 radical (unpaired) electrons. The summed E-state index contributed by atoms with van der Waals surface area (Å²) in [5.41, 5.74) is 0. The van der Waals surface area contributed by atoms with Gasteiger partial charge in [0.25, 0.3) is 0 Å². The van der Waals surface area contributed by atoms with Gasteiger partial charge < -0.3 is 15.7 Å². The average molecular weight is 291 g/mol. The van der Waals surface area contributed by atoms with Crippen molar-refractivity contribution in [3.05, 3.63) is 0 Å². The summed E-state index contributed by atoms with van der Waals surface area (Å²) in [4.78, 5) is 12.0. The molecule has 1 amide bonds. The van der Waals surface area contributed by atoms with Gasteiger partial charge in [0, 0.05) is 12.6 Å². The van der Waals surface area contributed by atoms with Crippen molar-refractivity contribution < 1.29 is 9.90 Å². The van der Waals surface area contributed by atoms with Crippen LogP contribution in [0.15, 0.2) is 0 Å². The molecule has 2 unspecified atom stereocenters. The predicted molar refractivity (Wildman–Crippen MR) is 78.4 cm³/mol. The van der Waals surface area contributed by atoms with Crippen molar-refractivity contribution >= 4 is 18.3 Å². The van der Waals surface area contributed by atoms with Crippen molar-refractivity contribution in [3.8, 4) is 0 Å². The van der Waals surface area contributed by atoms with E-state index in [0.29, 0.717) is 19.0 Å². The van der Waals surface area contributed by atoms with Crippen LogP contribution in [-0.4, -0.2) is 35.7 Å². The van der Waals surface area contributed by atoms with E-state index in [9.17, 15) is 9.90 Å². The molecule has 0 spiro atoms. The number of nitrogens with one attached hydrogen (secondary N) is 2. The Morgan fingerprint density at radius 3 is 2.37 bits per heavy atom. The van der Waals surface area contributed by atoms with E-state index >= 15 is 0 Å². The van der Waals surface area contributed by atoms with Gasteiger partial charge in [-0.05, 0) is 43.9 Å². The van der Waals surface area contributed by atoms with Crippen LogP contribution < -0.4 is 10.6 Å². The summed E-state index contributed by atoms with van der Waals surface area (Å²) in [5.74, 6) is 1.65. The topological polar surface area (TPSA) is 61.4 Å². The molecule has 1 saturated heterocycles. The monoisotopic (exact) mass is 290 g/mol. The first-order chi connectivity index (χ1) is 8.56. The van der Waals surface area contributed by atoms with Crippen molar-refractivity contribution in [2.24, 2.45) is 11.8 Å². The Hall–Kier alpha value is -0.320. The minimum Gasteiger partial charge on any atom is -0.392 e. The zero-order valence-corrected chi connectivity index (χ0v) is 12.7. The molecule has 4 nitrogen and oxygen atoms in total. The van der Waals surface area contributed by atoms with Crippen molar-refractivity contribution in [2.45, 2.75) is 64.1 Å². The number of carbonyl (C=O) groups excluding carboxylic acids is 1. The standard InChI is InChI=1S/C14H26N2O2.ClH/c1-9(2)10-3-5-11(6-4-10)16-14(18)13-7-12(17)8-15-13;/h9-13,15,17H,3-8H2,1-2H3,(H,16,18);1H. The molecule has 0 bridgehead atoms. The third-order valence-electron chi connectivity index (χ3n) is 4.49. The predicted octanol–water partition coefficient (Wildman–Crippen LogP) is 1.46. The minimum absolute atomic E-state index is 0. The molecule has 0 aromatic heterocycles. The maximum Gasteiger partial charge on any atom is 0.237 e. The highest BCUT2D eigenvalue weighted by Gasteiger charge is 2.30. The van der Waals surface area contributed by atoms with Crippen LogP contribution in [-0.2, 0) is 4.79 Å². The zero-order valence-electron chi connectivity index (χ0n) is 11.9. The van der Waals surface area contributed by atoms with Crippen molar-refractivity contribution in [1.29, 1.82) is 0 Å². The van der Waals surface area contributed by atoms with Gasteiger partial charge in [-0.15, -0.1) is 12.4 Å². The lowest BCUT2D eigenvalue weighted by molar-refractivity contribution is -0.123. The second kappa shape index (κ2) is 7.46. The van der Waals surface area contributed by atoms with Crippen LogP contribution in [0.1, 0.15) is 46.0 Å². The van der Waals surface area contributed by atoms with E-state index < -0.39 is 0 Å². The molecular weight excluding hydrogens is 264 g/mol. The third-order valence-corrected chi connectivity index (χ3v) is 4.49. The Kier molecular flexibility index (Phi) is 6.57. The molecule has 1 saturated carbocycles. The fourth-order valence-electron chi connectivity index (χ4n) is 3.15. The largest absolute Gasteiger partial charge is 0.392 e. The van der Waals surface area contributed by atoms with Gasteiger partial charge in [0.05, 0.1) is 12.1 Å². The quantitative estimate of drug-likeness (QED) is 0.737. The lowest BCUT2D eigenvalue weighted by atomic mass is 9.79. The fraction of sp³-hybridized carbons (Fsp3) is 0.929. The number of amides is 1. The summed E-state index contributed by atoms with van der Waals surface area (Å²) in [6.45, 7) is 5.11. The number of aliphatic hydroxyl groups excluding tert-OH is 1. The molecule has 1 heterocycles. The minimum atomic E-state index is -0.363. The number of carbonyl (C=O) groups is 1. The van der Waals surface area contributed by atoms with Gasteiger partial charge in [0.15, 0.2) is 0 Å². The first-order valence-corrected chi connectivity index (χ1v) is 7.28. The van der Waals surface area contributed by atoms with Crippen molar-refractivity contribution in [3.63, 3.8) is 0 Å². The summed E-state index contributed by atoms with van der Waals surface area (Å²) in [5, 5.41) is 15.6. The van der Waals surface area contributed by atoms with Gasteiger partial charge in [-0.2, -0.15) is 0 Å². The van der Waals surface area contributed by atoms with E-state index in [4.69, 9.17) is 0 Å². The normalized spacial score (nSPS) is 34.9. The SMILES string of the molecule is CC(C)C1CCC(NC(=O)C2CC(O)CN2)CC1.Cl. The second-order valence-corrected chi connectivity index (χ2v) is 6.21. The van der Waals surface area contributed by atoms with Crippen LogP contribution in [0.3, 0.4) is 0 Å². The van der Waals surface area contributed by atoms with Crippen LogP contribution >= 0.6 is 12.4 Å². The molecule has 3 N–H and O–H groups in total. The number of aliphatic hydroxyl groups is 1. The number of β-amino-alcohol motifs (C(OH)–C–C–N with tert-alkyl or cyclic N) is 1. The molecule has 19 heavy (non-hydrogen) atoms. The molecule has 2 atom stereocenters. The molecule has 0 aromatic rings. The Bertz CT molecular complexity index is 291. The highest BCUT2D eigenvalue weighted by Crippen LogP contribution is 2.29. The maximum atomic E-state index is 12.0. The van der Waals surface area contributed by atoms with E-state index in [-0.39, 0.29) is 30.5 Å². The second-order valence-electron chi connectivity index (χ2n) is 6.21.